The van der Waals surface area contributed by atoms with E-state index in [1.54, 1.807) is 6.07 Å². The van der Waals surface area contributed by atoms with Crippen molar-refractivity contribution < 1.29 is 4.39 Å². The molecule has 19 heavy (non-hydrogen) atoms. The summed E-state index contributed by atoms with van der Waals surface area (Å²) in [7, 11) is 0. The van der Waals surface area contributed by atoms with Gasteiger partial charge in [-0.15, -0.1) is 0 Å². The minimum absolute atomic E-state index is 0.161. The van der Waals surface area contributed by atoms with Gasteiger partial charge in [-0.25, -0.2) is 4.39 Å². The molecule has 1 aromatic rings. The fourth-order valence-electron chi connectivity index (χ4n) is 2.92. The third kappa shape index (κ3) is 3.36. The van der Waals surface area contributed by atoms with E-state index in [9.17, 15) is 4.39 Å². The molecule has 0 bridgehead atoms. The zero-order chi connectivity index (χ0) is 13.4. The molecule has 1 aliphatic heterocycles. The van der Waals surface area contributed by atoms with E-state index in [0.717, 1.165) is 35.6 Å². The molecule has 0 radical (unpaired) electrons. The molecule has 1 aromatic carbocycles. The third-order valence-electron chi connectivity index (χ3n) is 4.23. The summed E-state index contributed by atoms with van der Waals surface area (Å²) in [6.07, 6.45) is 2.73. The number of hydrogen-bond acceptors (Lipinski definition) is 2. The van der Waals surface area contributed by atoms with Crippen LogP contribution in [0.4, 0.5) is 4.39 Å². The molecule has 0 spiro atoms. The van der Waals surface area contributed by atoms with Gasteiger partial charge in [0.15, 0.2) is 0 Å². The topological polar surface area (TPSA) is 15.3 Å². The summed E-state index contributed by atoms with van der Waals surface area (Å²) in [5.41, 5.74) is 1.05. The van der Waals surface area contributed by atoms with Crippen molar-refractivity contribution in [2.24, 2.45) is 5.92 Å². The summed E-state index contributed by atoms with van der Waals surface area (Å²) in [5.74, 6) is 0.708. The lowest BCUT2D eigenvalue weighted by Gasteiger charge is -2.39. The molecule has 104 valence electrons. The van der Waals surface area contributed by atoms with Gasteiger partial charge in [0.05, 0.1) is 0 Å². The van der Waals surface area contributed by atoms with Crippen molar-refractivity contribution in [2.75, 3.05) is 13.1 Å². The summed E-state index contributed by atoms with van der Waals surface area (Å²) in [4.78, 5) is 2.47. The predicted octanol–water partition coefficient (Wildman–Crippen LogP) is 3.16. The summed E-state index contributed by atoms with van der Waals surface area (Å²) >= 11 is 3.37. The Hall–Kier alpha value is -0.450. The van der Waals surface area contributed by atoms with Crippen LogP contribution < -0.4 is 5.32 Å². The Kier molecular flexibility index (Phi) is 3.92. The molecule has 1 heterocycles. The Morgan fingerprint density at radius 2 is 2.16 bits per heavy atom. The number of piperazine rings is 1. The maximum atomic E-state index is 13.4. The highest BCUT2D eigenvalue weighted by atomic mass is 79.9. The molecule has 3 rings (SSSR count). The Labute approximate surface area is 122 Å². The zero-order valence-corrected chi connectivity index (χ0v) is 12.8. The monoisotopic (exact) mass is 326 g/mol. The van der Waals surface area contributed by atoms with Gasteiger partial charge in [-0.2, -0.15) is 0 Å². The number of nitrogens with one attached hydrogen (secondary N) is 1. The molecular weight excluding hydrogens is 307 g/mol. The summed E-state index contributed by atoms with van der Waals surface area (Å²) in [6, 6.07) is 6.32. The minimum atomic E-state index is -0.161. The normalized spacial score (nSPS) is 28.6. The first-order valence-electron chi connectivity index (χ1n) is 7.04. The van der Waals surface area contributed by atoms with Crippen LogP contribution in [0, 0.1) is 11.7 Å². The Morgan fingerprint density at radius 3 is 2.84 bits per heavy atom. The van der Waals surface area contributed by atoms with E-state index in [1.165, 1.54) is 18.9 Å². The van der Waals surface area contributed by atoms with E-state index in [2.05, 4.69) is 33.1 Å². The first kappa shape index (κ1) is 13.5. The van der Waals surface area contributed by atoms with Crippen LogP contribution in [0.5, 0.6) is 0 Å². The smallest absolute Gasteiger partial charge is 0.124 e. The van der Waals surface area contributed by atoms with Crippen molar-refractivity contribution >= 4 is 15.9 Å². The lowest BCUT2D eigenvalue weighted by molar-refractivity contribution is 0.125. The molecule has 2 atom stereocenters. The van der Waals surface area contributed by atoms with Crippen LogP contribution in [-0.4, -0.2) is 30.1 Å². The van der Waals surface area contributed by atoms with Gasteiger partial charge >= 0.3 is 0 Å². The van der Waals surface area contributed by atoms with Gasteiger partial charge in [-0.1, -0.05) is 15.9 Å². The van der Waals surface area contributed by atoms with E-state index >= 15 is 0 Å². The van der Waals surface area contributed by atoms with Crippen LogP contribution >= 0.6 is 15.9 Å². The number of halogens is 2. The highest BCUT2D eigenvalue weighted by Crippen LogP contribution is 2.34. The molecule has 0 aromatic heterocycles. The third-order valence-corrected chi connectivity index (χ3v) is 4.69. The lowest BCUT2D eigenvalue weighted by Crippen LogP contribution is -2.55. The second kappa shape index (κ2) is 5.51. The van der Waals surface area contributed by atoms with Gasteiger partial charge in [0.25, 0.3) is 0 Å². The first-order valence-corrected chi connectivity index (χ1v) is 7.83. The van der Waals surface area contributed by atoms with Crippen molar-refractivity contribution in [1.82, 2.24) is 10.2 Å². The number of nitrogens with zero attached hydrogens (tertiary/aromatic N) is 1. The molecule has 1 saturated heterocycles. The molecule has 1 saturated carbocycles. The van der Waals surface area contributed by atoms with Crippen LogP contribution in [0.25, 0.3) is 0 Å². The molecule has 4 heteroatoms. The van der Waals surface area contributed by atoms with Crippen LogP contribution in [0.3, 0.4) is 0 Å². The average molecular weight is 327 g/mol. The van der Waals surface area contributed by atoms with Crippen molar-refractivity contribution in [3.8, 4) is 0 Å². The first-order chi connectivity index (χ1) is 9.11. The van der Waals surface area contributed by atoms with Crippen molar-refractivity contribution in [2.45, 2.75) is 38.4 Å². The highest BCUT2D eigenvalue weighted by Gasteiger charge is 2.35. The van der Waals surface area contributed by atoms with Gasteiger partial charge in [-0.05, 0) is 49.4 Å². The lowest BCUT2D eigenvalue weighted by atomic mass is 10.0. The standard InChI is InChI=1S/C15H20BrFN2/c1-10-7-18-15(12-2-3-12)9-19(10)8-11-4-13(16)6-14(17)5-11/h4-6,10,12,15,18H,2-3,7-9H2,1H3. The molecule has 2 unspecified atom stereocenters. The van der Waals surface area contributed by atoms with Gasteiger partial charge < -0.3 is 5.32 Å². The largest absolute Gasteiger partial charge is 0.311 e. The van der Waals surface area contributed by atoms with E-state index in [1.807, 2.05) is 6.07 Å². The molecule has 2 fully saturated rings. The van der Waals surface area contributed by atoms with Gasteiger partial charge in [0.2, 0.25) is 0 Å². The van der Waals surface area contributed by atoms with Crippen LogP contribution in [0.1, 0.15) is 25.3 Å². The van der Waals surface area contributed by atoms with Gasteiger partial charge in [-0.3, -0.25) is 4.90 Å². The number of benzene rings is 1. The van der Waals surface area contributed by atoms with E-state index in [-0.39, 0.29) is 5.82 Å². The Bertz CT molecular complexity index is 441. The van der Waals surface area contributed by atoms with Gasteiger partial charge in [0, 0.05) is 36.2 Å². The van der Waals surface area contributed by atoms with Crippen molar-refractivity contribution in [3.63, 3.8) is 0 Å². The van der Waals surface area contributed by atoms with E-state index in [4.69, 9.17) is 0 Å². The second-order valence-corrected chi connectivity index (χ2v) is 6.82. The second-order valence-electron chi connectivity index (χ2n) is 5.91. The quantitative estimate of drug-likeness (QED) is 0.917. The fraction of sp³-hybridized carbons (Fsp3) is 0.600. The predicted molar refractivity (Wildman–Crippen MR) is 78.5 cm³/mol. The molecule has 2 nitrogen and oxygen atoms in total. The fourth-order valence-corrected chi connectivity index (χ4v) is 3.43. The van der Waals surface area contributed by atoms with E-state index in [0.29, 0.717) is 12.1 Å². The minimum Gasteiger partial charge on any atom is -0.311 e. The van der Waals surface area contributed by atoms with E-state index < -0.39 is 0 Å². The Balaban J connectivity index is 1.69. The van der Waals surface area contributed by atoms with Crippen LogP contribution in [0.2, 0.25) is 0 Å². The number of rotatable bonds is 3. The zero-order valence-electron chi connectivity index (χ0n) is 11.2. The molecule has 1 N–H and O–H groups in total. The van der Waals surface area contributed by atoms with Crippen LogP contribution in [-0.2, 0) is 6.54 Å². The van der Waals surface area contributed by atoms with Gasteiger partial charge in [0.1, 0.15) is 5.82 Å². The molecule has 1 aliphatic carbocycles. The van der Waals surface area contributed by atoms with Crippen LogP contribution in [0.15, 0.2) is 22.7 Å². The molecule has 2 aliphatic rings. The average Bonchev–Trinajstić information content (AvgIpc) is 3.14. The Morgan fingerprint density at radius 1 is 1.37 bits per heavy atom. The molecule has 0 amide bonds. The summed E-state index contributed by atoms with van der Waals surface area (Å²) < 4.78 is 14.3. The maximum absolute atomic E-state index is 13.4. The maximum Gasteiger partial charge on any atom is 0.124 e. The van der Waals surface area contributed by atoms with Crippen molar-refractivity contribution in [3.05, 3.63) is 34.1 Å². The SMILES string of the molecule is CC1CNC(C2CC2)CN1Cc1cc(F)cc(Br)c1. The number of hydrogen-bond donors (Lipinski definition) is 1. The highest BCUT2D eigenvalue weighted by molar-refractivity contribution is 9.10. The summed E-state index contributed by atoms with van der Waals surface area (Å²) in [6.45, 7) is 5.20. The van der Waals surface area contributed by atoms with Crippen molar-refractivity contribution in [1.29, 1.82) is 0 Å². The summed E-state index contributed by atoms with van der Waals surface area (Å²) in [5, 5.41) is 3.64. The molecular formula is C15H20BrFN2.